The normalized spacial score (nSPS) is 13.9. The molecule has 2 heterocycles. The summed E-state index contributed by atoms with van der Waals surface area (Å²) in [5.74, 6) is 0.571. The van der Waals surface area contributed by atoms with Gasteiger partial charge in [-0.05, 0) is 19.8 Å². The Labute approximate surface area is 141 Å². The summed E-state index contributed by atoms with van der Waals surface area (Å²) in [5.41, 5.74) is 1.01. The maximum Gasteiger partial charge on any atom is 0.323 e. The highest BCUT2D eigenvalue weighted by atomic mass is 32.1. The lowest BCUT2D eigenvalue weighted by Crippen LogP contribution is -2.36. The number of urea groups is 1. The van der Waals surface area contributed by atoms with Gasteiger partial charge in [0.1, 0.15) is 0 Å². The summed E-state index contributed by atoms with van der Waals surface area (Å²) >= 11 is 1.48. The van der Waals surface area contributed by atoms with Gasteiger partial charge in [0.25, 0.3) is 0 Å². The molecule has 0 unspecified atom stereocenters. The molecule has 6 nitrogen and oxygen atoms in total. The van der Waals surface area contributed by atoms with E-state index >= 15 is 0 Å². The van der Waals surface area contributed by atoms with Crippen LogP contribution in [0.3, 0.4) is 0 Å². The number of nitrogens with one attached hydrogen (secondary N) is 1. The van der Waals surface area contributed by atoms with Crippen molar-refractivity contribution in [3.8, 4) is 0 Å². The number of anilines is 1. The molecular formula is C16H26N4O2S. The summed E-state index contributed by atoms with van der Waals surface area (Å²) in [5, 5.41) is 3.50. The predicted octanol–water partition coefficient (Wildman–Crippen LogP) is 2.95. The Morgan fingerprint density at radius 1 is 1.35 bits per heavy atom. The molecule has 0 saturated carbocycles. The number of nitrogens with zero attached hydrogens (tertiary/aromatic N) is 3. The van der Waals surface area contributed by atoms with Gasteiger partial charge in [-0.15, -0.1) is 0 Å². The number of fused-ring (bicyclic) bond motifs is 1. The minimum Gasteiger partial charge on any atom is -0.337 e. The second-order valence-electron chi connectivity index (χ2n) is 6.15. The van der Waals surface area contributed by atoms with Crippen LogP contribution in [0.2, 0.25) is 0 Å². The fourth-order valence-electron chi connectivity index (χ4n) is 2.62. The fraction of sp³-hybridized carbons (Fsp3) is 0.688. The summed E-state index contributed by atoms with van der Waals surface area (Å²) in [7, 11) is 0. The Hall–Kier alpha value is -1.63. The topological polar surface area (TPSA) is 65.5 Å². The number of aromatic nitrogens is 1. The molecule has 0 radical (unpaired) electrons. The van der Waals surface area contributed by atoms with E-state index in [1.54, 1.807) is 4.90 Å². The standard InChI is InChI=1S/C16H26N4O2S/c1-5-19(6-2)16(22)18-15-17-12-7-8-20(10-13(12)23-15)14(21)9-11(3)4/h11H,5-10H2,1-4H3,(H,17,18,22). The zero-order chi connectivity index (χ0) is 17.0. The van der Waals surface area contributed by atoms with Crippen LogP contribution in [-0.2, 0) is 17.8 Å². The number of thiazole rings is 1. The summed E-state index contributed by atoms with van der Waals surface area (Å²) in [6.07, 6.45) is 1.34. The molecule has 0 saturated heterocycles. The molecule has 1 N–H and O–H groups in total. The van der Waals surface area contributed by atoms with Gasteiger partial charge in [-0.3, -0.25) is 10.1 Å². The molecule has 7 heteroatoms. The lowest BCUT2D eigenvalue weighted by atomic mass is 10.1. The highest BCUT2D eigenvalue weighted by Gasteiger charge is 2.25. The second-order valence-corrected chi connectivity index (χ2v) is 7.24. The Balaban J connectivity index is 2.01. The molecule has 0 atom stereocenters. The first kappa shape index (κ1) is 17.7. The summed E-state index contributed by atoms with van der Waals surface area (Å²) < 4.78 is 0. The van der Waals surface area contributed by atoms with Crippen LogP contribution in [0.15, 0.2) is 0 Å². The Bertz CT molecular complexity index is 566. The van der Waals surface area contributed by atoms with Crippen LogP contribution in [0.1, 0.15) is 44.7 Å². The number of carbonyl (C=O) groups excluding carboxylic acids is 2. The van der Waals surface area contributed by atoms with Gasteiger partial charge in [0, 0.05) is 37.4 Å². The van der Waals surface area contributed by atoms with E-state index < -0.39 is 0 Å². The molecule has 1 aliphatic heterocycles. The van der Waals surface area contributed by atoms with Crippen molar-refractivity contribution in [1.82, 2.24) is 14.8 Å². The van der Waals surface area contributed by atoms with Gasteiger partial charge in [-0.25, -0.2) is 9.78 Å². The highest BCUT2D eigenvalue weighted by Crippen LogP contribution is 2.29. The first-order valence-electron chi connectivity index (χ1n) is 8.26. The lowest BCUT2D eigenvalue weighted by molar-refractivity contribution is -0.132. The molecule has 0 aliphatic carbocycles. The summed E-state index contributed by atoms with van der Waals surface area (Å²) in [6, 6.07) is -0.117. The van der Waals surface area contributed by atoms with Crippen LogP contribution in [0.4, 0.5) is 9.93 Å². The highest BCUT2D eigenvalue weighted by molar-refractivity contribution is 7.15. The van der Waals surface area contributed by atoms with Crippen LogP contribution in [0, 0.1) is 5.92 Å². The third kappa shape index (κ3) is 4.43. The van der Waals surface area contributed by atoms with E-state index in [9.17, 15) is 9.59 Å². The van der Waals surface area contributed by atoms with E-state index in [0.29, 0.717) is 43.6 Å². The van der Waals surface area contributed by atoms with Crippen molar-refractivity contribution in [2.24, 2.45) is 5.92 Å². The molecule has 1 aliphatic rings. The van der Waals surface area contributed by atoms with Gasteiger partial charge in [0.05, 0.1) is 12.2 Å². The molecule has 2 rings (SSSR count). The van der Waals surface area contributed by atoms with Gasteiger partial charge in [-0.1, -0.05) is 25.2 Å². The van der Waals surface area contributed by atoms with Gasteiger partial charge in [-0.2, -0.15) is 0 Å². The Kier molecular flexibility index (Phi) is 5.98. The van der Waals surface area contributed by atoms with E-state index in [1.807, 2.05) is 18.7 Å². The van der Waals surface area contributed by atoms with Crippen LogP contribution < -0.4 is 5.32 Å². The molecule has 0 fully saturated rings. The van der Waals surface area contributed by atoms with Crippen molar-refractivity contribution < 1.29 is 9.59 Å². The summed E-state index contributed by atoms with van der Waals surface area (Å²) in [4.78, 5) is 33.5. The Morgan fingerprint density at radius 2 is 2.04 bits per heavy atom. The minimum atomic E-state index is -0.117. The van der Waals surface area contributed by atoms with Crippen molar-refractivity contribution in [2.75, 3.05) is 25.0 Å². The van der Waals surface area contributed by atoms with Crippen molar-refractivity contribution in [3.05, 3.63) is 10.6 Å². The first-order chi connectivity index (χ1) is 10.9. The lowest BCUT2D eigenvalue weighted by Gasteiger charge is -2.26. The Morgan fingerprint density at radius 3 is 2.65 bits per heavy atom. The largest absolute Gasteiger partial charge is 0.337 e. The number of hydrogen-bond acceptors (Lipinski definition) is 4. The van der Waals surface area contributed by atoms with Crippen molar-refractivity contribution in [1.29, 1.82) is 0 Å². The summed E-state index contributed by atoms with van der Waals surface area (Å²) in [6.45, 7) is 10.7. The van der Waals surface area contributed by atoms with Gasteiger partial charge < -0.3 is 9.80 Å². The molecule has 0 bridgehead atoms. The maximum atomic E-state index is 12.2. The van der Waals surface area contributed by atoms with Crippen molar-refractivity contribution in [3.63, 3.8) is 0 Å². The second kappa shape index (κ2) is 7.77. The molecule has 23 heavy (non-hydrogen) atoms. The molecule has 128 valence electrons. The monoisotopic (exact) mass is 338 g/mol. The van der Waals surface area contributed by atoms with Crippen LogP contribution >= 0.6 is 11.3 Å². The van der Waals surface area contributed by atoms with E-state index in [1.165, 1.54) is 11.3 Å². The zero-order valence-corrected chi connectivity index (χ0v) is 15.2. The first-order valence-corrected chi connectivity index (χ1v) is 9.08. The third-order valence-corrected chi connectivity index (χ3v) is 4.93. The van der Waals surface area contributed by atoms with E-state index in [0.717, 1.165) is 17.0 Å². The zero-order valence-electron chi connectivity index (χ0n) is 14.4. The number of rotatable bonds is 5. The molecule has 1 aromatic rings. The number of hydrogen-bond donors (Lipinski definition) is 1. The molecule has 3 amide bonds. The average Bonchev–Trinajstić information content (AvgIpc) is 2.88. The number of carbonyl (C=O) groups is 2. The van der Waals surface area contributed by atoms with Crippen molar-refractivity contribution in [2.45, 2.75) is 47.1 Å². The fourth-order valence-corrected chi connectivity index (χ4v) is 3.63. The molecular weight excluding hydrogens is 312 g/mol. The predicted molar refractivity (Wildman–Crippen MR) is 92.6 cm³/mol. The SMILES string of the molecule is CCN(CC)C(=O)Nc1nc2c(s1)CN(C(=O)CC(C)C)CC2. The maximum absolute atomic E-state index is 12.2. The van der Waals surface area contributed by atoms with Crippen LogP contribution in [0.25, 0.3) is 0 Å². The van der Waals surface area contributed by atoms with Crippen LogP contribution in [-0.4, -0.2) is 46.4 Å². The third-order valence-electron chi connectivity index (χ3n) is 3.93. The van der Waals surface area contributed by atoms with Gasteiger partial charge in [0.15, 0.2) is 5.13 Å². The van der Waals surface area contributed by atoms with E-state index in [2.05, 4.69) is 24.1 Å². The van der Waals surface area contributed by atoms with Gasteiger partial charge >= 0.3 is 6.03 Å². The quantitative estimate of drug-likeness (QED) is 0.897. The minimum absolute atomic E-state index is 0.117. The number of amides is 3. The van der Waals surface area contributed by atoms with Crippen molar-refractivity contribution >= 4 is 28.4 Å². The molecule has 1 aromatic heterocycles. The molecule has 0 aromatic carbocycles. The van der Waals surface area contributed by atoms with Gasteiger partial charge in [0.2, 0.25) is 5.91 Å². The smallest absolute Gasteiger partial charge is 0.323 e. The van der Waals surface area contributed by atoms with Crippen LogP contribution in [0.5, 0.6) is 0 Å². The average molecular weight is 338 g/mol. The van der Waals surface area contributed by atoms with E-state index in [4.69, 9.17) is 0 Å². The van der Waals surface area contributed by atoms with E-state index in [-0.39, 0.29) is 11.9 Å². The molecule has 0 spiro atoms.